The van der Waals surface area contributed by atoms with Crippen molar-refractivity contribution in [3.63, 3.8) is 0 Å². The Balaban J connectivity index is 1.78. The summed E-state index contributed by atoms with van der Waals surface area (Å²) in [7, 11) is 0. The van der Waals surface area contributed by atoms with E-state index in [1.54, 1.807) is 0 Å². The Kier molecular flexibility index (Phi) is 7.37. The molecule has 0 radical (unpaired) electrons. The monoisotopic (exact) mass is 369 g/mol. The second kappa shape index (κ2) is 9.96. The van der Waals surface area contributed by atoms with Crippen LogP contribution in [0.4, 0.5) is 4.79 Å². The highest BCUT2D eigenvalue weighted by molar-refractivity contribution is 5.88. The molecule has 0 saturated carbocycles. The van der Waals surface area contributed by atoms with Gasteiger partial charge < -0.3 is 21.1 Å². The summed E-state index contributed by atoms with van der Waals surface area (Å²) in [5.74, 6) is -1.17. The molecule has 3 amide bonds. The summed E-state index contributed by atoms with van der Waals surface area (Å²) in [5, 5.41) is 4.87. The lowest BCUT2D eigenvalue weighted by Gasteiger charge is -2.16. The molecule has 0 unspecified atom stereocenters. The number of nitrogens with two attached hydrogens (primary N) is 1. The fraction of sp³-hybridized carbons (Fsp3) is 0.250. The lowest BCUT2D eigenvalue weighted by molar-refractivity contribution is -0.126. The summed E-state index contributed by atoms with van der Waals surface area (Å²) in [6.07, 6.45) is -0.440. The van der Waals surface area contributed by atoms with Gasteiger partial charge in [-0.25, -0.2) is 4.79 Å². The lowest BCUT2D eigenvalue weighted by atomic mass is 10.0. The van der Waals surface area contributed by atoms with E-state index in [1.807, 2.05) is 61.5 Å². The number of aryl methyl sites for hydroxylation is 1. The van der Waals surface area contributed by atoms with Gasteiger partial charge in [0.25, 0.3) is 0 Å². The maximum atomic E-state index is 12.0. The summed E-state index contributed by atoms with van der Waals surface area (Å²) in [4.78, 5) is 35.3. The quantitative estimate of drug-likeness (QED) is 0.654. The third-order valence-corrected chi connectivity index (χ3v) is 3.81. The van der Waals surface area contributed by atoms with Gasteiger partial charge in [0.2, 0.25) is 11.8 Å². The van der Waals surface area contributed by atoms with Gasteiger partial charge in [0.15, 0.2) is 0 Å². The number of carbonyl (C=O) groups is 3. The van der Waals surface area contributed by atoms with Crippen LogP contribution >= 0.6 is 0 Å². The van der Waals surface area contributed by atoms with Crippen molar-refractivity contribution in [2.75, 3.05) is 6.54 Å². The maximum absolute atomic E-state index is 12.0. The zero-order chi connectivity index (χ0) is 19.6. The first-order chi connectivity index (χ1) is 12.9. The van der Waals surface area contributed by atoms with Gasteiger partial charge in [-0.1, -0.05) is 60.2 Å². The molecule has 0 heterocycles. The third kappa shape index (κ3) is 7.19. The highest BCUT2D eigenvalue weighted by Crippen LogP contribution is 2.07. The summed E-state index contributed by atoms with van der Waals surface area (Å²) in [5.41, 5.74) is 8.14. The van der Waals surface area contributed by atoms with E-state index in [-0.39, 0.29) is 19.6 Å². The van der Waals surface area contributed by atoms with Gasteiger partial charge in [-0.05, 0) is 18.1 Å². The SMILES string of the molecule is Cc1cccc(C[C@H](NC(=O)CNC(=O)OCc2ccccc2)C(N)=O)c1. The van der Waals surface area contributed by atoms with Gasteiger partial charge in [-0.15, -0.1) is 0 Å². The van der Waals surface area contributed by atoms with Crippen LogP contribution in [0, 0.1) is 6.92 Å². The highest BCUT2D eigenvalue weighted by Gasteiger charge is 2.19. The molecule has 0 aliphatic rings. The molecule has 0 aliphatic heterocycles. The van der Waals surface area contributed by atoms with E-state index in [2.05, 4.69) is 10.6 Å². The van der Waals surface area contributed by atoms with Crippen LogP contribution in [0.2, 0.25) is 0 Å². The molecule has 1 atom stereocenters. The van der Waals surface area contributed by atoms with E-state index >= 15 is 0 Å². The molecule has 2 aromatic rings. The molecule has 2 aromatic carbocycles. The van der Waals surface area contributed by atoms with E-state index in [0.29, 0.717) is 0 Å². The Morgan fingerprint density at radius 1 is 1.04 bits per heavy atom. The smallest absolute Gasteiger partial charge is 0.407 e. The molecule has 7 heteroatoms. The minimum absolute atomic E-state index is 0.103. The van der Waals surface area contributed by atoms with E-state index in [4.69, 9.17) is 10.5 Å². The van der Waals surface area contributed by atoms with Crippen molar-refractivity contribution in [1.29, 1.82) is 0 Å². The predicted octanol–water partition coefficient (Wildman–Crippen LogP) is 1.43. The van der Waals surface area contributed by atoms with Crippen molar-refractivity contribution in [2.45, 2.75) is 26.0 Å². The average Bonchev–Trinajstić information content (AvgIpc) is 2.65. The van der Waals surface area contributed by atoms with Gasteiger partial charge in [-0.2, -0.15) is 0 Å². The first kappa shape index (κ1) is 20.0. The molecule has 0 spiro atoms. The Morgan fingerprint density at radius 2 is 1.74 bits per heavy atom. The van der Waals surface area contributed by atoms with Gasteiger partial charge in [0.05, 0.1) is 0 Å². The highest BCUT2D eigenvalue weighted by atomic mass is 16.5. The number of alkyl carbamates (subject to hydrolysis) is 1. The molecule has 4 N–H and O–H groups in total. The van der Waals surface area contributed by atoms with Crippen LogP contribution in [0.25, 0.3) is 0 Å². The first-order valence-corrected chi connectivity index (χ1v) is 8.53. The molecular formula is C20H23N3O4. The molecule has 0 bridgehead atoms. The minimum atomic E-state index is -0.860. The van der Waals surface area contributed by atoms with Crippen LogP contribution in [0.5, 0.6) is 0 Å². The molecule has 0 aliphatic carbocycles. The summed E-state index contributed by atoms with van der Waals surface area (Å²) < 4.78 is 5.02. The topological polar surface area (TPSA) is 111 Å². The summed E-state index contributed by atoms with van der Waals surface area (Å²) in [6, 6.07) is 15.9. The minimum Gasteiger partial charge on any atom is -0.445 e. The second-order valence-corrected chi connectivity index (χ2v) is 6.13. The van der Waals surface area contributed by atoms with Gasteiger partial charge in [0.1, 0.15) is 19.2 Å². The van der Waals surface area contributed by atoms with Gasteiger partial charge in [0, 0.05) is 6.42 Å². The van der Waals surface area contributed by atoms with Crippen LogP contribution < -0.4 is 16.4 Å². The molecule has 0 saturated heterocycles. The number of benzene rings is 2. The Hall–Kier alpha value is -3.35. The number of amides is 3. The van der Waals surface area contributed by atoms with Crippen LogP contribution in [0.15, 0.2) is 54.6 Å². The number of hydrogen-bond acceptors (Lipinski definition) is 4. The van der Waals surface area contributed by atoms with Crippen molar-refractivity contribution in [3.8, 4) is 0 Å². The molecule has 0 aromatic heterocycles. The van der Waals surface area contributed by atoms with Crippen LogP contribution in [-0.2, 0) is 27.4 Å². The van der Waals surface area contributed by atoms with E-state index in [1.165, 1.54) is 0 Å². The molecule has 7 nitrogen and oxygen atoms in total. The fourth-order valence-corrected chi connectivity index (χ4v) is 2.47. The number of ether oxygens (including phenoxy) is 1. The Morgan fingerprint density at radius 3 is 2.41 bits per heavy atom. The van der Waals surface area contributed by atoms with Gasteiger partial charge >= 0.3 is 6.09 Å². The number of hydrogen-bond donors (Lipinski definition) is 3. The van der Waals surface area contributed by atoms with Crippen molar-refractivity contribution in [2.24, 2.45) is 5.73 Å². The number of nitrogens with one attached hydrogen (secondary N) is 2. The molecule has 142 valence electrons. The molecule has 0 fully saturated rings. The fourth-order valence-electron chi connectivity index (χ4n) is 2.47. The van der Waals surface area contributed by atoms with Crippen molar-refractivity contribution in [1.82, 2.24) is 10.6 Å². The van der Waals surface area contributed by atoms with E-state index in [0.717, 1.165) is 16.7 Å². The Labute approximate surface area is 157 Å². The van der Waals surface area contributed by atoms with Crippen molar-refractivity contribution < 1.29 is 19.1 Å². The van der Waals surface area contributed by atoms with Crippen LogP contribution in [0.3, 0.4) is 0 Å². The first-order valence-electron chi connectivity index (χ1n) is 8.53. The standard InChI is InChI=1S/C20H23N3O4/c1-14-6-5-9-16(10-14)11-17(19(21)25)23-18(24)12-22-20(26)27-13-15-7-3-2-4-8-15/h2-10,17H,11-13H2,1H3,(H2,21,25)(H,22,26)(H,23,24)/t17-/m0/s1. The molecular weight excluding hydrogens is 346 g/mol. The van der Waals surface area contributed by atoms with Crippen LogP contribution in [0.1, 0.15) is 16.7 Å². The zero-order valence-electron chi connectivity index (χ0n) is 15.1. The summed E-state index contributed by atoms with van der Waals surface area (Å²) >= 11 is 0. The molecule has 27 heavy (non-hydrogen) atoms. The van der Waals surface area contributed by atoms with E-state index < -0.39 is 23.9 Å². The van der Waals surface area contributed by atoms with Crippen molar-refractivity contribution >= 4 is 17.9 Å². The number of rotatable bonds is 8. The predicted molar refractivity (Wildman–Crippen MR) is 101 cm³/mol. The number of primary amides is 1. The molecule has 2 rings (SSSR count). The number of carbonyl (C=O) groups excluding carboxylic acids is 3. The largest absolute Gasteiger partial charge is 0.445 e. The van der Waals surface area contributed by atoms with E-state index in [9.17, 15) is 14.4 Å². The summed E-state index contributed by atoms with van der Waals surface area (Å²) in [6.45, 7) is 1.73. The van der Waals surface area contributed by atoms with Crippen LogP contribution in [-0.4, -0.2) is 30.5 Å². The normalized spacial score (nSPS) is 11.3. The second-order valence-electron chi connectivity index (χ2n) is 6.13. The lowest BCUT2D eigenvalue weighted by Crippen LogP contribution is -2.49. The zero-order valence-corrected chi connectivity index (χ0v) is 15.1. The Bertz CT molecular complexity index is 793. The third-order valence-electron chi connectivity index (χ3n) is 3.81. The average molecular weight is 369 g/mol. The maximum Gasteiger partial charge on any atom is 0.407 e. The van der Waals surface area contributed by atoms with Crippen molar-refractivity contribution in [3.05, 3.63) is 71.3 Å². The van der Waals surface area contributed by atoms with Gasteiger partial charge in [-0.3, -0.25) is 9.59 Å².